The molecule has 2 aliphatic heterocycles. The minimum atomic E-state index is -0.142. The maximum absolute atomic E-state index is 13.4. The lowest BCUT2D eigenvalue weighted by atomic mass is 9.87. The van der Waals surface area contributed by atoms with Crippen LogP contribution in [0, 0.1) is 5.92 Å². The minimum absolute atomic E-state index is 0. The zero-order valence-corrected chi connectivity index (χ0v) is 22.4. The molecule has 0 saturated carbocycles. The molecule has 1 fully saturated rings. The van der Waals surface area contributed by atoms with E-state index in [0.717, 1.165) is 48.1 Å². The molecule has 0 aliphatic carbocycles. The number of anilines is 1. The van der Waals surface area contributed by atoms with Crippen molar-refractivity contribution in [3.05, 3.63) is 62.5 Å². The summed E-state index contributed by atoms with van der Waals surface area (Å²) in [6.07, 6.45) is 5.38. The molecule has 2 aromatic carbocycles. The van der Waals surface area contributed by atoms with E-state index in [4.69, 9.17) is 28.3 Å². The summed E-state index contributed by atoms with van der Waals surface area (Å²) in [5.41, 5.74) is 5.47. The third-order valence-corrected chi connectivity index (χ3v) is 7.18. The molecule has 2 heterocycles. The van der Waals surface area contributed by atoms with Crippen molar-refractivity contribution in [3.8, 4) is 0 Å². The van der Waals surface area contributed by atoms with Gasteiger partial charge in [-0.2, -0.15) is 5.10 Å². The fraction of sp³-hybridized carbons (Fsp3) is 0.417. The van der Waals surface area contributed by atoms with Gasteiger partial charge in [0, 0.05) is 28.5 Å². The fourth-order valence-corrected chi connectivity index (χ4v) is 5.25. The average Bonchev–Trinajstić information content (AvgIpc) is 2.96. The molecule has 5 nitrogen and oxygen atoms in total. The van der Waals surface area contributed by atoms with Gasteiger partial charge in [0.25, 0.3) is 5.91 Å². The van der Waals surface area contributed by atoms with Crippen LogP contribution in [-0.4, -0.2) is 29.7 Å². The highest BCUT2D eigenvalue weighted by molar-refractivity contribution is 9.10. The van der Waals surface area contributed by atoms with Crippen LogP contribution >= 0.6 is 51.5 Å². The molecule has 2 aromatic rings. The van der Waals surface area contributed by atoms with Crippen molar-refractivity contribution in [3.63, 3.8) is 0 Å². The van der Waals surface area contributed by atoms with Crippen LogP contribution in [0.4, 0.5) is 5.69 Å². The van der Waals surface area contributed by atoms with Crippen molar-refractivity contribution in [1.29, 1.82) is 0 Å². The zero-order chi connectivity index (χ0) is 22.7. The molecule has 0 unspecified atom stereocenters. The number of benzene rings is 2. The fourth-order valence-electron chi connectivity index (χ4n) is 4.49. The summed E-state index contributed by atoms with van der Waals surface area (Å²) in [4.78, 5) is 13.4. The second-order valence-electron chi connectivity index (χ2n) is 8.28. The van der Waals surface area contributed by atoms with E-state index in [1.165, 1.54) is 12.8 Å². The monoisotopic (exact) mass is 572 g/mol. The molecule has 2 atom stereocenters. The highest BCUT2D eigenvalue weighted by atomic mass is 79.9. The summed E-state index contributed by atoms with van der Waals surface area (Å²) >= 11 is 16.2. The summed E-state index contributed by atoms with van der Waals surface area (Å²) in [7, 11) is 0. The molecule has 1 saturated heterocycles. The Morgan fingerprint density at radius 1 is 1.09 bits per heavy atom. The number of carbonyl (C=O) groups is 1. The molecule has 33 heavy (non-hydrogen) atoms. The van der Waals surface area contributed by atoms with Gasteiger partial charge in [-0.25, -0.2) is 5.01 Å². The van der Waals surface area contributed by atoms with Crippen LogP contribution in [-0.2, 0) is 4.79 Å². The molecule has 1 N–H and O–H groups in total. The van der Waals surface area contributed by atoms with Crippen molar-refractivity contribution in [2.45, 2.75) is 45.1 Å². The average molecular weight is 575 g/mol. The van der Waals surface area contributed by atoms with Crippen LogP contribution < -0.4 is 10.4 Å². The van der Waals surface area contributed by atoms with E-state index in [0.29, 0.717) is 15.8 Å². The highest BCUT2D eigenvalue weighted by Gasteiger charge is 2.42. The van der Waals surface area contributed by atoms with Crippen molar-refractivity contribution in [2.24, 2.45) is 11.0 Å². The predicted octanol–water partition coefficient (Wildman–Crippen LogP) is 7.03. The Morgan fingerprint density at radius 2 is 1.76 bits per heavy atom. The molecule has 0 aromatic heterocycles. The molecule has 2 aliphatic rings. The maximum atomic E-state index is 13.4. The second-order valence-corrected chi connectivity index (χ2v) is 10.0. The van der Waals surface area contributed by atoms with E-state index >= 15 is 0 Å². The van der Waals surface area contributed by atoms with Crippen LogP contribution in [0.15, 0.2) is 52.0 Å². The van der Waals surface area contributed by atoms with Gasteiger partial charge in [-0.05, 0) is 55.2 Å². The van der Waals surface area contributed by atoms with Crippen LogP contribution in [0.25, 0.3) is 0 Å². The molecular formula is C24H28BrCl3N4O. The Bertz CT molecular complexity index is 994. The summed E-state index contributed by atoms with van der Waals surface area (Å²) in [5.74, 6) is -0.205. The molecule has 0 bridgehead atoms. The third kappa shape index (κ3) is 6.04. The Kier molecular flexibility index (Phi) is 9.48. The van der Waals surface area contributed by atoms with E-state index in [2.05, 4.69) is 40.4 Å². The van der Waals surface area contributed by atoms with Crippen molar-refractivity contribution in [2.75, 3.05) is 18.1 Å². The first-order valence-electron chi connectivity index (χ1n) is 11.1. The van der Waals surface area contributed by atoms with Crippen LogP contribution in [0.2, 0.25) is 10.0 Å². The lowest BCUT2D eigenvalue weighted by molar-refractivity contribution is -0.119. The Balaban J connectivity index is 0.00000306. The first-order valence-corrected chi connectivity index (χ1v) is 12.7. The van der Waals surface area contributed by atoms with Crippen molar-refractivity contribution < 1.29 is 4.79 Å². The number of hydrogen-bond acceptors (Lipinski definition) is 4. The van der Waals surface area contributed by atoms with Gasteiger partial charge >= 0.3 is 0 Å². The number of nitrogens with zero attached hydrogens (tertiary/aromatic N) is 3. The predicted molar refractivity (Wildman–Crippen MR) is 142 cm³/mol. The Labute approximate surface area is 220 Å². The molecular weight excluding hydrogens is 547 g/mol. The van der Waals surface area contributed by atoms with Gasteiger partial charge in [-0.15, -0.1) is 12.4 Å². The Hall–Kier alpha value is -1.31. The van der Waals surface area contributed by atoms with Crippen molar-refractivity contribution in [1.82, 2.24) is 10.4 Å². The normalized spacial score (nSPS) is 21.2. The third-order valence-electron chi connectivity index (χ3n) is 6.12. The molecule has 0 radical (unpaired) electrons. The quantitative estimate of drug-likeness (QED) is 0.417. The largest absolute Gasteiger partial charge is 0.284 e. The first kappa shape index (κ1) is 26.3. The van der Waals surface area contributed by atoms with Gasteiger partial charge in [0.15, 0.2) is 0 Å². The summed E-state index contributed by atoms with van der Waals surface area (Å²) in [5, 5.41) is 9.83. The van der Waals surface area contributed by atoms with Crippen LogP contribution in [0.1, 0.15) is 50.6 Å². The molecule has 1 amide bonds. The van der Waals surface area contributed by atoms with Gasteiger partial charge in [-0.1, -0.05) is 71.0 Å². The zero-order valence-electron chi connectivity index (χ0n) is 18.4. The number of hydrazine groups is 1. The maximum Gasteiger partial charge on any atom is 0.282 e. The van der Waals surface area contributed by atoms with Gasteiger partial charge < -0.3 is 0 Å². The molecule has 9 heteroatoms. The number of carbonyl (C=O) groups excluding carboxylic acids is 1. The van der Waals surface area contributed by atoms with Crippen LogP contribution in [0.5, 0.6) is 0 Å². The van der Waals surface area contributed by atoms with Gasteiger partial charge in [0.05, 0.1) is 16.8 Å². The highest BCUT2D eigenvalue weighted by Crippen LogP contribution is 2.43. The number of amides is 1. The molecule has 178 valence electrons. The van der Waals surface area contributed by atoms with Crippen molar-refractivity contribution >= 4 is 68.8 Å². The number of hydrogen-bond donors (Lipinski definition) is 1. The van der Waals surface area contributed by atoms with Gasteiger partial charge in [0.2, 0.25) is 0 Å². The second kappa shape index (κ2) is 11.9. The van der Waals surface area contributed by atoms with E-state index in [-0.39, 0.29) is 30.3 Å². The summed E-state index contributed by atoms with van der Waals surface area (Å²) < 4.78 is 1.00. The van der Waals surface area contributed by atoms with E-state index in [9.17, 15) is 4.79 Å². The summed E-state index contributed by atoms with van der Waals surface area (Å²) in [6, 6.07) is 13.4. The number of rotatable bonds is 5. The number of halogens is 4. The minimum Gasteiger partial charge on any atom is -0.284 e. The lowest BCUT2D eigenvalue weighted by Crippen LogP contribution is -2.47. The van der Waals surface area contributed by atoms with E-state index in [1.54, 1.807) is 12.1 Å². The topological polar surface area (TPSA) is 47.9 Å². The summed E-state index contributed by atoms with van der Waals surface area (Å²) in [6.45, 7) is 3.84. The standard InChI is InChI=1S/C24H27BrCl2N4O.ClH/c1-2-19-22(24(32)29-30-13-5-3-4-6-14-30)28-31(21-12-11-18(26)15-20(21)27)23(19)16-7-9-17(25)10-8-16;/h7-12,15,19,23H,2-6,13-14H2,1H3,(H,29,32);1H/t19-,23-;/m0./s1. The van der Waals surface area contributed by atoms with Crippen LogP contribution in [0.3, 0.4) is 0 Å². The number of hydrazone groups is 1. The lowest BCUT2D eigenvalue weighted by Gasteiger charge is -2.29. The van der Waals surface area contributed by atoms with Gasteiger partial charge in [0.1, 0.15) is 5.71 Å². The Morgan fingerprint density at radius 3 is 2.36 bits per heavy atom. The van der Waals surface area contributed by atoms with Gasteiger partial charge in [-0.3, -0.25) is 15.2 Å². The first-order chi connectivity index (χ1) is 15.5. The SMILES string of the molecule is CC[C@H]1C(C(=O)NN2CCCCCC2)=NN(c2ccc(Cl)cc2Cl)[C@H]1c1ccc(Br)cc1.Cl. The van der Waals surface area contributed by atoms with E-state index in [1.807, 2.05) is 28.2 Å². The van der Waals surface area contributed by atoms with E-state index < -0.39 is 0 Å². The number of nitrogens with one attached hydrogen (secondary N) is 1. The smallest absolute Gasteiger partial charge is 0.282 e. The molecule has 0 spiro atoms. The molecule has 4 rings (SSSR count).